The summed E-state index contributed by atoms with van der Waals surface area (Å²) in [6.07, 6.45) is 0. The molecule has 610 valence electrons. The molecule has 4 aromatic heterocycles. The fourth-order valence-electron chi connectivity index (χ4n) is 19.5. The van der Waals surface area contributed by atoms with E-state index in [1.165, 1.54) is 65.5 Å². The summed E-state index contributed by atoms with van der Waals surface area (Å²) in [5, 5.41) is 11.9. The van der Waals surface area contributed by atoms with Gasteiger partial charge in [0, 0.05) is 88.6 Å². The van der Waals surface area contributed by atoms with Crippen molar-refractivity contribution in [2.24, 2.45) is 0 Å². The van der Waals surface area contributed by atoms with Crippen LogP contribution in [0.3, 0.4) is 0 Å². The van der Waals surface area contributed by atoms with Crippen LogP contribution in [0.4, 0.5) is 34.1 Å². The minimum atomic E-state index is 0.883. The molecule has 25 rings (SSSR count). The largest absolute Gasteiger partial charge is 0.456 e. The van der Waals surface area contributed by atoms with Crippen molar-refractivity contribution in [3.8, 4) is 100 Å². The van der Waals surface area contributed by atoms with E-state index in [4.69, 9.17) is 8.83 Å². The Morgan fingerprint density at radius 2 is 0.462 bits per heavy atom. The molecule has 0 amide bonds. The summed E-state index contributed by atoms with van der Waals surface area (Å²) in [6, 6.07) is 179. The van der Waals surface area contributed by atoms with E-state index in [2.05, 4.69) is 492 Å². The lowest BCUT2D eigenvalue weighted by atomic mass is 9.90. The molecule has 0 saturated heterocycles. The number of hydrogen-bond acceptors (Lipinski definition) is 4. The molecule has 0 spiro atoms. The van der Waals surface area contributed by atoms with Gasteiger partial charge < -0.3 is 27.8 Å². The van der Waals surface area contributed by atoms with Crippen molar-refractivity contribution in [2.45, 2.75) is 0 Å². The minimum Gasteiger partial charge on any atom is -0.456 e. The summed E-state index contributed by atoms with van der Waals surface area (Å²) in [5.41, 5.74) is 35.8. The summed E-state index contributed by atoms with van der Waals surface area (Å²) in [5.74, 6) is 0. The van der Waals surface area contributed by atoms with E-state index < -0.39 is 0 Å². The molecule has 0 aliphatic carbocycles. The molecular formula is C124H82N4O2. The van der Waals surface area contributed by atoms with Gasteiger partial charge in [-0.05, 0) is 282 Å². The first kappa shape index (κ1) is 76.3. The highest BCUT2D eigenvalue weighted by molar-refractivity contribution is 6.13. The molecule has 25 aromatic rings. The fourth-order valence-corrected chi connectivity index (χ4v) is 19.5. The zero-order chi connectivity index (χ0) is 86.0. The number of benzene rings is 21. The zero-order valence-electron chi connectivity index (χ0n) is 70.9. The topological polar surface area (TPSA) is 42.6 Å². The Balaban J connectivity index is 0.000000144. The van der Waals surface area contributed by atoms with Crippen LogP contribution in [0.5, 0.6) is 0 Å². The highest BCUT2D eigenvalue weighted by Gasteiger charge is 2.23. The lowest BCUT2D eigenvalue weighted by Gasteiger charge is -2.26. The predicted octanol–water partition coefficient (Wildman–Crippen LogP) is 34.8. The van der Waals surface area contributed by atoms with E-state index in [0.717, 1.165) is 167 Å². The Labute approximate surface area is 752 Å². The highest BCUT2D eigenvalue weighted by atomic mass is 16.3. The van der Waals surface area contributed by atoms with Gasteiger partial charge in [0.1, 0.15) is 22.3 Å². The maximum absolute atomic E-state index is 6.46. The van der Waals surface area contributed by atoms with Crippen LogP contribution < -0.4 is 9.80 Å². The third-order valence-electron chi connectivity index (χ3n) is 25.8. The normalized spacial score (nSPS) is 11.5. The number of furan rings is 2. The second kappa shape index (κ2) is 32.7. The molecule has 130 heavy (non-hydrogen) atoms. The van der Waals surface area contributed by atoms with E-state index in [0.29, 0.717) is 0 Å². The van der Waals surface area contributed by atoms with Crippen molar-refractivity contribution >= 4 is 132 Å². The van der Waals surface area contributed by atoms with Gasteiger partial charge >= 0.3 is 0 Å². The molecule has 21 aromatic carbocycles. The van der Waals surface area contributed by atoms with Crippen LogP contribution >= 0.6 is 0 Å². The van der Waals surface area contributed by atoms with Crippen LogP contribution in [0.25, 0.3) is 199 Å². The summed E-state index contributed by atoms with van der Waals surface area (Å²) in [4.78, 5) is 4.65. The van der Waals surface area contributed by atoms with E-state index in [9.17, 15) is 0 Å². The summed E-state index contributed by atoms with van der Waals surface area (Å²) < 4.78 is 17.6. The molecule has 0 aliphatic heterocycles. The Kier molecular flexibility index (Phi) is 19.2. The van der Waals surface area contributed by atoms with Crippen LogP contribution in [0, 0.1) is 0 Å². The second-order valence-corrected chi connectivity index (χ2v) is 33.4. The smallest absolute Gasteiger partial charge is 0.136 e. The highest BCUT2D eigenvalue weighted by Crippen LogP contribution is 2.47. The first-order valence-electron chi connectivity index (χ1n) is 44.4. The summed E-state index contributed by atoms with van der Waals surface area (Å²) >= 11 is 0. The third-order valence-corrected chi connectivity index (χ3v) is 25.8. The molecule has 0 fully saturated rings. The lowest BCUT2D eigenvalue weighted by Crippen LogP contribution is -2.09. The van der Waals surface area contributed by atoms with Crippen molar-refractivity contribution in [2.75, 3.05) is 9.80 Å². The Bertz CT molecular complexity index is 8550. The van der Waals surface area contributed by atoms with Gasteiger partial charge in [-0.2, -0.15) is 0 Å². The van der Waals surface area contributed by atoms with Crippen molar-refractivity contribution < 1.29 is 8.83 Å². The molecule has 0 unspecified atom stereocenters. The monoisotopic (exact) mass is 1660 g/mol. The number of anilines is 6. The van der Waals surface area contributed by atoms with Gasteiger partial charge in [0.15, 0.2) is 0 Å². The molecule has 0 atom stereocenters. The predicted molar refractivity (Wildman–Crippen MR) is 546 cm³/mol. The van der Waals surface area contributed by atoms with Gasteiger partial charge in [-0.3, -0.25) is 0 Å². The first-order chi connectivity index (χ1) is 64.4. The van der Waals surface area contributed by atoms with Gasteiger partial charge in [0.2, 0.25) is 0 Å². The van der Waals surface area contributed by atoms with Crippen molar-refractivity contribution in [3.63, 3.8) is 0 Å². The number of fused-ring (bicyclic) bond motifs is 13. The number of nitrogens with zero attached hydrogens (tertiary/aromatic N) is 4. The Morgan fingerprint density at radius 1 is 0.146 bits per heavy atom. The Hall–Kier alpha value is -17.3. The van der Waals surface area contributed by atoms with Gasteiger partial charge in [-0.1, -0.05) is 315 Å². The maximum Gasteiger partial charge on any atom is 0.136 e. The van der Waals surface area contributed by atoms with E-state index in [1.54, 1.807) is 0 Å². The van der Waals surface area contributed by atoms with Crippen LogP contribution in [0.1, 0.15) is 0 Å². The van der Waals surface area contributed by atoms with E-state index >= 15 is 0 Å². The standard InChI is InChI=1S/C64H42N2O.C60H40N2O/c1-3-17-51(18-4-1)65(54-34-30-43-14-7-8-15-46(43)39-54)53-21-13-16-47(38-53)44-26-28-45(29-27-44)55-35-31-48(40-59(55)50-32-36-58-57-23-10-12-25-63(57)67-64(58)42-50)49-33-37-62-60(41-49)56-22-9-11-24-61(56)66(62)52-19-5-2-6-20-52;1-4-16-47(17-5-1)61(48-18-6-2-7-19-48)50-22-14-15-43(37-50)41-27-29-42(30-28-41)51-34-31-44(38-55(51)46-32-35-54-53-24-11-13-26-59(53)63-60(54)40-46)45-33-36-58-56(39-45)52-23-10-12-25-57(52)62(58)49-20-8-3-9-21-49/h1-42H;1-40H. The van der Waals surface area contributed by atoms with Crippen LogP contribution in [-0.2, 0) is 0 Å². The quantitative estimate of drug-likeness (QED) is 0.0967. The number of rotatable bonds is 16. The summed E-state index contributed by atoms with van der Waals surface area (Å²) in [7, 11) is 0. The van der Waals surface area contributed by atoms with E-state index in [1.807, 2.05) is 24.3 Å². The van der Waals surface area contributed by atoms with Crippen LogP contribution in [0.2, 0.25) is 0 Å². The molecule has 6 nitrogen and oxygen atoms in total. The van der Waals surface area contributed by atoms with Gasteiger partial charge in [0.25, 0.3) is 0 Å². The van der Waals surface area contributed by atoms with Gasteiger partial charge in [-0.25, -0.2) is 0 Å². The lowest BCUT2D eigenvalue weighted by molar-refractivity contribution is 0.668. The van der Waals surface area contributed by atoms with Gasteiger partial charge in [-0.15, -0.1) is 0 Å². The van der Waals surface area contributed by atoms with Gasteiger partial charge in [0.05, 0.1) is 22.1 Å². The average molecular weight is 1660 g/mol. The van der Waals surface area contributed by atoms with Crippen molar-refractivity contribution in [1.29, 1.82) is 0 Å². The van der Waals surface area contributed by atoms with E-state index in [-0.39, 0.29) is 0 Å². The minimum absolute atomic E-state index is 0.883. The third kappa shape index (κ3) is 14.0. The Morgan fingerprint density at radius 3 is 0.915 bits per heavy atom. The molecule has 4 heterocycles. The second-order valence-electron chi connectivity index (χ2n) is 33.4. The molecular weight excluding hydrogens is 1580 g/mol. The maximum atomic E-state index is 6.46. The fraction of sp³-hybridized carbons (Fsp3) is 0. The molecule has 6 heteroatoms. The van der Waals surface area contributed by atoms with Crippen molar-refractivity contribution in [3.05, 3.63) is 497 Å². The number of hydrogen-bond donors (Lipinski definition) is 0. The summed E-state index contributed by atoms with van der Waals surface area (Å²) in [6.45, 7) is 0. The molecule has 0 bridgehead atoms. The van der Waals surface area contributed by atoms with Crippen LogP contribution in [-0.4, -0.2) is 9.13 Å². The number of para-hydroxylation sites is 9. The molecule has 0 saturated carbocycles. The zero-order valence-corrected chi connectivity index (χ0v) is 70.9. The SMILES string of the molecule is c1ccc(N(c2cccc(-c3ccc(-c4ccc(-c5ccc6c(c5)c5ccccc5n6-c5ccccc5)cc4-c4ccc5c(c4)oc4ccccc45)cc3)c2)c2ccc3ccccc3c2)cc1.c1ccc(N(c2ccccc2)c2cccc(-c3ccc(-c4ccc(-c5ccc6c(c5)c5ccccc5n6-c5ccccc5)cc4-c4ccc5c(c4)oc4ccccc45)cc3)c2)cc1. The average Bonchev–Trinajstić information content (AvgIpc) is 1.58. The molecule has 0 N–H and O–H groups in total. The van der Waals surface area contributed by atoms with Crippen LogP contribution in [0.15, 0.2) is 506 Å². The molecule has 0 aliphatic rings. The first-order valence-corrected chi connectivity index (χ1v) is 44.4. The van der Waals surface area contributed by atoms with Crippen molar-refractivity contribution in [1.82, 2.24) is 9.13 Å². The number of aromatic nitrogens is 2. The molecule has 0 radical (unpaired) electrons.